The molecular weight excluding hydrogens is 467 g/mol. The van der Waals surface area contributed by atoms with Gasteiger partial charge < -0.3 is 19.0 Å². The van der Waals surface area contributed by atoms with Crippen molar-refractivity contribution in [3.63, 3.8) is 0 Å². The highest BCUT2D eigenvalue weighted by atomic mass is 32.2. The second-order valence-electron chi connectivity index (χ2n) is 8.80. The number of benzene rings is 1. The van der Waals surface area contributed by atoms with E-state index in [0.717, 1.165) is 24.0 Å². The molecule has 1 aromatic carbocycles. The Morgan fingerprint density at radius 2 is 1.91 bits per heavy atom. The van der Waals surface area contributed by atoms with E-state index in [-0.39, 0.29) is 39.5 Å². The summed E-state index contributed by atoms with van der Waals surface area (Å²) in [5.41, 5.74) is 2.86. The minimum atomic E-state index is -0.590. The van der Waals surface area contributed by atoms with Crippen LogP contribution >= 0.6 is 11.9 Å². The third-order valence-electron chi connectivity index (χ3n) is 6.29. The summed E-state index contributed by atoms with van der Waals surface area (Å²) in [5.74, 6) is 0.170. The first-order valence-electron chi connectivity index (χ1n) is 11.3. The van der Waals surface area contributed by atoms with Crippen LogP contribution in [0.4, 0.5) is 21.6 Å². The van der Waals surface area contributed by atoms with E-state index in [0.29, 0.717) is 17.1 Å². The number of nitrogens with one attached hydrogen (secondary N) is 2. The van der Waals surface area contributed by atoms with Crippen LogP contribution in [0.2, 0.25) is 0 Å². The molecule has 1 aliphatic rings. The Hall–Kier alpha value is -3.59. The fourth-order valence-electron chi connectivity index (χ4n) is 4.43. The summed E-state index contributed by atoms with van der Waals surface area (Å²) in [5, 5.41) is 3.26. The van der Waals surface area contributed by atoms with E-state index in [9.17, 15) is 14.0 Å². The highest BCUT2D eigenvalue weighted by Crippen LogP contribution is 2.41. The molecule has 7 nitrogen and oxygen atoms in total. The van der Waals surface area contributed by atoms with E-state index < -0.39 is 11.4 Å². The summed E-state index contributed by atoms with van der Waals surface area (Å²) in [7, 11) is 0. The largest absolute Gasteiger partial charge is 0.421 e. The Morgan fingerprint density at radius 3 is 2.60 bits per heavy atom. The zero-order valence-electron chi connectivity index (χ0n) is 19.9. The monoisotopic (exact) mass is 492 g/mol. The van der Waals surface area contributed by atoms with Crippen molar-refractivity contribution in [2.45, 2.75) is 39.7 Å². The van der Waals surface area contributed by atoms with Gasteiger partial charge >= 0.3 is 5.63 Å². The molecule has 1 saturated carbocycles. The van der Waals surface area contributed by atoms with E-state index in [4.69, 9.17) is 4.42 Å². The Kier molecular flexibility index (Phi) is 5.88. The molecular formula is C26H25FN4O3S. The summed E-state index contributed by atoms with van der Waals surface area (Å²) >= 11 is 1.41. The van der Waals surface area contributed by atoms with E-state index in [2.05, 4.69) is 15.0 Å². The second-order valence-corrected chi connectivity index (χ2v) is 9.42. The maximum Gasteiger partial charge on any atom is 0.341 e. The number of fused-ring (bicyclic) bond motifs is 1. The molecule has 2 N–H and O–H groups in total. The molecule has 3 heterocycles. The number of rotatable bonds is 6. The standard InChI is InChI=1S/C26H25FN4O3S/c1-13-5-8-19(18(27)11-13)29-23-14(2)26(33)34-24-21(16-9-10-28-20(12-16)30-35-4)15(3)31(17-6-7-17)25(32)22(23)24/h5,8-12,17,29H,6-7H2,1-4H3,(H,28,30). The van der Waals surface area contributed by atoms with E-state index in [1.54, 1.807) is 36.7 Å². The highest BCUT2D eigenvalue weighted by Gasteiger charge is 2.31. The smallest absolute Gasteiger partial charge is 0.341 e. The van der Waals surface area contributed by atoms with Gasteiger partial charge in [-0.2, -0.15) is 0 Å². The topological polar surface area (TPSA) is 89.2 Å². The van der Waals surface area contributed by atoms with Crippen molar-refractivity contribution in [1.82, 2.24) is 9.55 Å². The molecule has 0 bridgehead atoms. The molecule has 1 aliphatic carbocycles. The van der Waals surface area contributed by atoms with Gasteiger partial charge in [0.1, 0.15) is 17.0 Å². The molecule has 0 spiro atoms. The Morgan fingerprint density at radius 1 is 1.14 bits per heavy atom. The Labute approximate surface area is 205 Å². The third kappa shape index (κ3) is 4.10. The molecule has 35 heavy (non-hydrogen) atoms. The number of anilines is 3. The van der Waals surface area contributed by atoms with Crippen LogP contribution in [0.1, 0.15) is 35.7 Å². The fraction of sp³-hybridized carbons (Fsp3) is 0.269. The van der Waals surface area contributed by atoms with Crippen molar-refractivity contribution in [3.05, 3.63) is 79.9 Å². The van der Waals surface area contributed by atoms with Crippen molar-refractivity contribution in [2.75, 3.05) is 16.3 Å². The number of hydrogen-bond donors (Lipinski definition) is 2. The molecule has 3 aromatic heterocycles. The van der Waals surface area contributed by atoms with Gasteiger partial charge in [0.25, 0.3) is 5.56 Å². The molecule has 9 heteroatoms. The third-order valence-corrected chi connectivity index (χ3v) is 6.70. The number of hydrogen-bond acceptors (Lipinski definition) is 7. The second kappa shape index (κ2) is 8.88. The first-order valence-corrected chi connectivity index (χ1v) is 12.5. The quantitative estimate of drug-likeness (QED) is 0.326. The minimum Gasteiger partial charge on any atom is -0.421 e. The maximum atomic E-state index is 14.7. The van der Waals surface area contributed by atoms with Crippen LogP contribution in [0.5, 0.6) is 0 Å². The average molecular weight is 493 g/mol. The lowest BCUT2D eigenvalue weighted by Gasteiger charge is -2.19. The molecule has 0 radical (unpaired) electrons. The van der Waals surface area contributed by atoms with Crippen LogP contribution in [-0.2, 0) is 0 Å². The zero-order valence-corrected chi connectivity index (χ0v) is 20.7. The first kappa shape index (κ1) is 23.2. The molecule has 0 atom stereocenters. The lowest BCUT2D eigenvalue weighted by molar-refractivity contribution is 0.553. The normalized spacial score (nSPS) is 13.3. The lowest BCUT2D eigenvalue weighted by atomic mass is 10.0. The molecule has 0 saturated heterocycles. The van der Waals surface area contributed by atoms with Gasteiger partial charge in [-0.25, -0.2) is 14.2 Å². The summed E-state index contributed by atoms with van der Waals surface area (Å²) < 4.78 is 25.4. The zero-order chi connectivity index (χ0) is 24.9. The number of aromatic nitrogens is 2. The van der Waals surface area contributed by atoms with Gasteiger partial charge in [0.15, 0.2) is 5.58 Å². The van der Waals surface area contributed by atoms with Gasteiger partial charge in [0, 0.05) is 29.8 Å². The van der Waals surface area contributed by atoms with E-state index >= 15 is 0 Å². The highest BCUT2D eigenvalue weighted by molar-refractivity contribution is 7.99. The summed E-state index contributed by atoms with van der Waals surface area (Å²) in [6, 6.07) is 8.52. The van der Waals surface area contributed by atoms with Crippen molar-refractivity contribution in [2.24, 2.45) is 0 Å². The van der Waals surface area contributed by atoms with Gasteiger partial charge in [-0.15, -0.1) is 0 Å². The molecule has 1 fully saturated rings. The van der Waals surface area contributed by atoms with Crippen molar-refractivity contribution in [3.8, 4) is 11.1 Å². The van der Waals surface area contributed by atoms with Crippen molar-refractivity contribution < 1.29 is 8.81 Å². The van der Waals surface area contributed by atoms with E-state index in [1.807, 2.05) is 25.3 Å². The predicted octanol–water partition coefficient (Wildman–Crippen LogP) is 5.85. The molecule has 5 rings (SSSR count). The maximum absolute atomic E-state index is 14.7. The minimum absolute atomic E-state index is 0.0764. The molecule has 180 valence electrons. The number of nitrogens with zero attached hydrogens (tertiary/aromatic N) is 2. The number of aryl methyl sites for hydroxylation is 1. The van der Waals surface area contributed by atoms with Crippen LogP contribution in [0.3, 0.4) is 0 Å². The van der Waals surface area contributed by atoms with Crippen molar-refractivity contribution >= 4 is 40.1 Å². The summed E-state index contributed by atoms with van der Waals surface area (Å²) in [4.78, 5) is 31.1. The van der Waals surface area contributed by atoms with Gasteiger partial charge in [-0.3, -0.25) is 4.79 Å². The van der Waals surface area contributed by atoms with Gasteiger partial charge in [0.2, 0.25) is 0 Å². The van der Waals surface area contributed by atoms with Crippen LogP contribution in [0.15, 0.2) is 50.5 Å². The lowest BCUT2D eigenvalue weighted by Crippen LogP contribution is -2.25. The summed E-state index contributed by atoms with van der Waals surface area (Å²) in [6.45, 7) is 5.24. The van der Waals surface area contributed by atoms with Gasteiger partial charge in [0.05, 0.1) is 16.9 Å². The number of pyridine rings is 2. The van der Waals surface area contributed by atoms with Gasteiger partial charge in [-0.1, -0.05) is 18.0 Å². The molecule has 0 aliphatic heterocycles. The molecule has 4 aromatic rings. The predicted molar refractivity (Wildman–Crippen MR) is 139 cm³/mol. The average Bonchev–Trinajstić information content (AvgIpc) is 3.64. The SMILES string of the molecule is CSNc1cc(-c2c(C)n(C3CC3)c(=O)c3c(Nc4ccc(C)cc4F)c(C)c(=O)oc23)ccn1. The van der Waals surface area contributed by atoms with Gasteiger partial charge in [-0.05, 0) is 69.0 Å². The Balaban J connectivity index is 1.86. The van der Waals surface area contributed by atoms with Crippen LogP contribution in [-0.4, -0.2) is 15.8 Å². The fourth-order valence-corrected chi connectivity index (χ4v) is 4.75. The van der Waals surface area contributed by atoms with E-state index in [1.165, 1.54) is 18.0 Å². The molecule has 0 amide bonds. The summed E-state index contributed by atoms with van der Waals surface area (Å²) in [6.07, 6.45) is 5.35. The Bertz CT molecular complexity index is 1590. The van der Waals surface area contributed by atoms with Crippen LogP contribution < -0.4 is 21.2 Å². The molecule has 0 unspecified atom stereocenters. The van der Waals surface area contributed by atoms with Crippen molar-refractivity contribution in [1.29, 1.82) is 0 Å². The number of halogens is 1. The van der Waals surface area contributed by atoms with Crippen LogP contribution in [0.25, 0.3) is 22.1 Å². The first-order chi connectivity index (χ1) is 16.8. The van der Waals surface area contributed by atoms with Crippen LogP contribution in [0, 0.1) is 26.6 Å².